The molecule has 2 aliphatic heterocycles. The van der Waals surface area contributed by atoms with Crippen molar-refractivity contribution in [2.45, 2.75) is 13.8 Å². The minimum atomic E-state index is -0.729. The number of imide groups is 2. The number of hydrogen-bond donors (Lipinski definition) is 1. The average Bonchev–Trinajstić information content (AvgIpc) is 3.20. The number of benzene rings is 1. The summed E-state index contributed by atoms with van der Waals surface area (Å²) < 4.78 is 12.8. The molecule has 0 atom stereocenters. The molecule has 1 N–H and O–H groups in total. The van der Waals surface area contributed by atoms with Crippen molar-refractivity contribution in [1.82, 2.24) is 14.8 Å². The van der Waals surface area contributed by atoms with E-state index in [0.29, 0.717) is 17.1 Å². The van der Waals surface area contributed by atoms with Crippen LogP contribution in [0, 0.1) is 13.8 Å². The molecule has 4 rings (SSSR count). The smallest absolute Gasteiger partial charge is 0.331 e. The molecule has 2 aromatic rings. The van der Waals surface area contributed by atoms with Crippen molar-refractivity contribution in [3.8, 4) is 17.2 Å². The molecule has 27 heavy (non-hydrogen) atoms. The van der Waals surface area contributed by atoms with Gasteiger partial charge in [-0.15, -0.1) is 0 Å². The molecular weight excluding hydrogens is 350 g/mol. The van der Waals surface area contributed by atoms with Gasteiger partial charge in [0.15, 0.2) is 11.5 Å². The third-order valence-electron chi connectivity index (χ3n) is 4.69. The van der Waals surface area contributed by atoms with E-state index in [-0.39, 0.29) is 12.4 Å². The van der Waals surface area contributed by atoms with Gasteiger partial charge in [0.2, 0.25) is 6.79 Å². The van der Waals surface area contributed by atoms with Crippen LogP contribution in [0.15, 0.2) is 29.8 Å². The van der Waals surface area contributed by atoms with E-state index < -0.39 is 17.8 Å². The number of aryl methyl sites for hydroxylation is 1. The highest BCUT2D eigenvalue weighted by Gasteiger charge is 2.33. The lowest BCUT2D eigenvalue weighted by molar-refractivity contribution is -0.129. The van der Waals surface area contributed by atoms with E-state index in [1.54, 1.807) is 0 Å². The van der Waals surface area contributed by atoms with Gasteiger partial charge in [-0.05, 0) is 43.7 Å². The van der Waals surface area contributed by atoms with Gasteiger partial charge in [0, 0.05) is 30.2 Å². The molecule has 4 amide bonds. The van der Waals surface area contributed by atoms with Crippen LogP contribution in [0.5, 0.6) is 11.5 Å². The first-order valence-corrected chi connectivity index (χ1v) is 8.31. The Morgan fingerprint density at radius 2 is 1.81 bits per heavy atom. The van der Waals surface area contributed by atoms with Gasteiger partial charge in [-0.1, -0.05) is 0 Å². The maximum Gasteiger partial charge on any atom is 0.331 e. The largest absolute Gasteiger partial charge is 0.454 e. The third-order valence-corrected chi connectivity index (χ3v) is 4.69. The van der Waals surface area contributed by atoms with E-state index in [2.05, 4.69) is 5.32 Å². The zero-order chi connectivity index (χ0) is 19.3. The van der Waals surface area contributed by atoms with Gasteiger partial charge in [0.05, 0.1) is 0 Å². The van der Waals surface area contributed by atoms with Crippen molar-refractivity contribution in [3.05, 3.63) is 46.8 Å². The topological polar surface area (TPSA) is 89.9 Å². The summed E-state index contributed by atoms with van der Waals surface area (Å²) in [7, 11) is 1.33. The van der Waals surface area contributed by atoms with Crippen LogP contribution in [0.2, 0.25) is 0 Å². The fourth-order valence-electron chi connectivity index (χ4n) is 3.26. The number of fused-ring (bicyclic) bond motifs is 1. The molecule has 2 aliphatic rings. The Morgan fingerprint density at radius 3 is 2.59 bits per heavy atom. The molecule has 0 spiro atoms. The number of ether oxygens (including phenoxy) is 2. The molecule has 0 bridgehead atoms. The molecule has 1 fully saturated rings. The normalized spacial score (nSPS) is 17.7. The van der Waals surface area contributed by atoms with Gasteiger partial charge in [-0.25, -0.2) is 4.79 Å². The van der Waals surface area contributed by atoms with Crippen molar-refractivity contribution in [2.75, 3.05) is 13.8 Å². The molecule has 138 valence electrons. The molecule has 1 aromatic carbocycles. The van der Waals surface area contributed by atoms with E-state index in [1.165, 1.54) is 13.1 Å². The number of nitrogens with zero attached hydrogens (tertiary/aromatic N) is 2. The summed E-state index contributed by atoms with van der Waals surface area (Å²) in [5.74, 6) is 0.0372. The Balaban J connectivity index is 1.76. The van der Waals surface area contributed by atoms with Crippen molar-refractivity contribution < 1.29 is 23.9 Å². The number of urea groups is 1. The number of nitrogens with one attached hydrogen (secondary N) is 1. The van der Waals surface area contributed by atoms with Crippen molar-refractivity contribution in [2.24, 2.45) is 0 Å². The van der Waals surface area contributed by atoms with Crippen LogP contribution in [0.1, 0.15) is 17.0 Å². The second-order valence-corrected chi connectivity index (χ2v) is 6.38. The predicted octanol–water partition coefficient (Wildman–Crippen LogP) is 1.91. The number of amides is 4. The fourth-order valence-corrected chi connectivity index (χ4v) is 3.26. The number of barbiturate groups is 1. The summed E-state index contributed by atoms with van der Waals surface area (Å²) in [6.45, 7) is 4.02. The minimum absolute atomic E-state index is 0.0805. The van der Waals surface area contributed by atoms with Crippen molar-refractivity contribution >= 4 is 23.9 Å². The van der Waals surface area contributed by atoms with Gasteiger partial charge in [-0.3, -0.25) is 19.8 Å². The maximum absolute atomic E-state index is 12.3. The van der Waals surface area contributed by atoms with E-state index in [4.69, 9.17) is 9.47 Å². The highest BCUT2D eigenvalue weighted by molar-refractivity contribution is 6.30. The van der Waals surface area contributed by atoms with Gasteiger partial charge in [-0.2, -0.15) is 0 Å². The van der Waals surface area contributed by atoms with Crippen LogP contribution < -0.4 is 14.8 Å². The Labute approximate surface area is 155 Å². The summed E-state index contributed by atoms with van der Waals surface area (Å²) in [5, 5.41) is 2.15. The SMILES string of the molecule is Cc1cc(/C=C2\C(=O)NC(=O)N(C)C2=O)c(C)n1-c1ccc2c(c1)OCO2. The van der Waals surface area contributed by atoms with Gasteiger partial charge in [0.25, 0.3) is 11.8 Å². The first-order chi connectivity index (χ1) is 12.9. The number of hydrogen-bond acceptors (Lipinski definition) is 5. The zero-order valence-electron chi connectivity index (χ0n) is 15.0. The molecule has 3 heterocycles. The van der Waals surface area contributed by atoms with Crippen LogP contribution in [0.25, 0.3) is 11.8 Å². The van der Waals surface area contributed by atoms with Crippen molar-refractivity contribution in [3.63, 3.8) is 0 Å². The summed E-state index contributed by atoms with van der Waals surface area (Å²) in [4.78, 5) is 36.8. The van der Waals surface area contributed by atoms with E-state index in [1.807, 2.05) is 42.7 Å². The summed E-state index contributed by atoms with van der Waals surface area (Å²) in [6, 6.07) is 6.78. The molecule has 0 aliphatic carbocycles. The lowest BCUT2D eigenvalue weighted by atomic mass is 10.1. The lowest BCUT2D eigenvalue weighted by Crippen LogP contribution is -2.52. The second-order valence-electron chi connectivity index (χ2n) is 6.38. The first kappa shape index (κ1) is 16.9. The van der Waals surface area contributed by atoms with Crippen LogP contribution in [0.4, 0.5) is 4.79 Å². The molecule has 0 saturated carbocycles. The highest BCUT2D eigenvalue weighted by Crippen LogP contribution is 2.35. The molecular formula is C19H17N3O5. The Kier molecular flexibility index (Phi) is 3.76. The number of rotatable bonds is 2. The predicted molar refractivity (Wildman–Crippen MR) is 95.7 cm³/mol. The van der Waals surface area contributed by atoms with Crippen LogP contribution in [0.3, 0.4) is 0 Å². The standard InChI is InChI=1S/C19H17N3O5/c1-10-6-12(7-14-17(23)20-19(25)21(3)18(14)24)11(2)22(10)13-4-5-15-16(8-13)27-9-26-15/h4-8H,9H2,1-3H3,(H,20,23,25)/b14-7+. The van der Waals surface area contributed by atoms with E-state index in [0.717, 1.165) is 22.0 Å². The number of carbonyl (C=O) groups is 3. The number of aromatic nitrogens is 1. The summed E-state index contributed by atoms with van der Waals surface area (Å²) >= 11 is 0. The maximum atomic E-state index is 12.3. The quantitative estimate of drug-likeness (QED) is 0.647. The van der Waals surface area contributed by atoms with Crippen LogP contribution in [-0.2, 0) is 9.59 Å². The molecule has 8 nitrogen and oxygen atoms in total. The van der Waals surface area contributed by atoms with E-state index in [9.17, 15) is 14.4 Å². The highest BCUT2D eigenvalue weighted by atomic mass is 16.7. The molecule has 8 heteroatoms. The minimum Gasteiger partial charge on any atom is -0.454 e. The monoisotopic (exact) mass is 367 g/mol. The van der Waals surface area contributed by atoms with E-state index >= 15 is 0 Å². The second kappa shape index (κ2) is 6.01. The Bertz CT molecular complexity index is 1030. The molecule has 0 unspecified atom stereocenters. The third kappa shape index (κ3) is 2.66. The number of carbonyl (C=O) groups excluding carboxylic acids is 3. The van der Waals surface area contributed by atoms with Gasteiger partial charge >= 0.3 is 6.03 Å². The number of likely N-dealkylation sites (N-methyl/N-ethyl adjacent to an activating group) is 1. The summed E-state index contributed by atoms with van der Waals surface area (Å²) in [6.07, 6.45) is 1.51. The lowest BCUT2D eigenvalue weighted by Gasteiger charge is -2.22. The van der Waals surface area contributed by atoms with Crippen LogP contribution >= 0.6 is 0 Å². The van der Waals surface area contributed by atoms with Crippen molar-refractivity contribution in [1.29, 1.82) is 0 Å². The first-order valence-electron chi connectivity index (χ1n) is 8.31. The summed E-state index contributed by atoms with van der Waals surface area (Å²) in [5.41, 5.74) is 3.28. The molecule has 0 radical (unpaired) electrons. The fraction of sp³-hybridized carbons (Fsp3) is 0.211. The molecule has 1 saturated heterocycles. The van der Waals surface area contributed by atoms with Crippen LogP contribution in [-0.4, -0.2) is 41.2 Å². The average molecular weight is 367 g/mol. The van der Waals surface area contributed by atoms with Gasteiger partial charge < -0.3 is 14.0 Å². The van der Waals surface area contributed by atoms with Gasteiger partial charge in [0.1, 0.15) is 5.57 Å². The Morgan fingerprint density at radius 1 is 1.07 bits per heavy atom. The molecule has 1 aromatic heterocycles. The Hall–Kier alpha value is -3.55. The zero-order valence-corrected chi connectivity index (χ0v) is 15.0.